The minimum Gasteiger partial charge on any atom is -0.496 e. The van der Waals surface area contributed by atoms with Gasteiger partial charge >= 0.3 is 11.7 Å². The van der Waals surface area contributed by atoms with E-state index in [9.17, 15) is 22.8 Å². The fraction of sp³-hybridized carbons (Fsp3) is 0.375. The van der Waals surface area contributed by atoms with Crippen molar-refractivity contribution in [1.29, 1.82) is 0 Å². The number of hydrogen-bond donors (Lipinski definition) is 3. The number of aromatic amines is 1. The Morgan fingerprint density at radius 1 is 1.17 bits per heavy atom. The van der Waals surface area contributed by atoms with E-state index in [1.54, 1.807) is 19.2 Å². The molecule has 0 bridgehead atoms. The molecule has 10 nitrogen and oxygen atoms in total. The van der Waals surface area contributed by atoms with Gasteiger partial charge in [-0.2, -0.15) is 0 Å². The highest BCUT2D eigenvalue weighted by Crippen LogP contribution is 2.35. The molecule has 1 aliphatic rings. The number of amides is 1. The van der Waals surface area contributed by atoms with Crippen LogP contribution in [0.2, 0.25) is 0 Å². The first-order valence-electron chi connectivity index (χ1n) is 11.2. The van der Waals surface area contributed by atoms with Crippen LogP contribution in [-0.4, -0.2) is 47.8 Å². The lowest BCUT2D eigenvalue weighted by Crippen LogP contribution is -2.31. The highest BCUT2D eigenvalue weighted by Gasteiger charge is 2.30. The summed E-state index contributed by atoms with van der Waals surface area (Å²) in [6, 6.07) is 9.69. The molecule has 1 amide bonds. The monoisotopic (exact) mass is 501 g/mol. The van der Waals surface area contributed by atoms with Crippen LogP contribution < -0.4 is 15.7 Å². The first kappa shape index (κ1) is 24.5. The van der Waals surface area contributed by atoms with Gasteiger partial charge in [0.05, 0.1) is 23.0 Å². The predicted octanol–water partition coefficient (Wildman–Crippen LogP) is 2.87. The molecular weight excluding hydrogens is 474 g/mol. The Morgan fingerprint density at radius 3 is 2.54 bits per heavy atom. The van der Waals surface area contributed by atoms with Crippen LogP contribution in [0.3, 0.4) is 0 Å². The summed E-state index contributed by atoms with van der Waals surface area (Å²) in [6.45, 7) is 1.92. The molecular formula is C24H27N3O7S. The van der Waals surface area contributed by atoms with Crippen LogP contribution in [-0.2, 0) is 19.4 Å². The number of benzene rings is 2. The van der Waals surface area contributed by atoms with E-state index in [4.69, 9.17) is 9.84 Å². The summed E-state index contributed by atoms with van der Waals surface area (Å²) < 4.78 is 31.9. The predicted molar refractivity (Wildman–Crippen MR) is 130 cm³/mol. The van der Waals surface area contributed by atoms with E-state index >= 15 is 0 Å². The number of methoxy groups -OCH3 is 1. The van der Waals surface area contributed by atoms with Gasteiger partial charge in [0.2, 0.25) is 5.91 Å². The lowest BCUT2D eigenvalue weighted by molar-refractivity contribution is -0.134. The Hall–Kier alpha value is -3.60. The molecule has 0 aliphatic heterocycles. The molecule has 186 valence electrons. The third kappa shape index (κ3) is 4.95. The maximum absolute atomic E-state index is 12.8. The van der Waals surface area contributed by atoms with E-state index in [0.717, 1.165) is 5.56 Å². The lowest BCUT2D eigenvalue weighted by atomic mass is 9.85. The van der Waals surface area contributed by atoms with Crippen LogP contribution in [0.1, 0.15) is 37.3 Å². The third-order valence-corrected chi connectivity index (χ3v) is 8.11. The van der Waals surface area contributed by atoms with Crippen LogP contribution in [0.25, 0.3) is 11.0 Å². The summed E-state index contributed by atoms with van der Waals surface area (Å²) in [6.07, 6.45) is 2.26. The van der Waals surface area contributed by atoms with Gasteiger partial charge in [-0.15, -0.1) is 0 Å². The number of aliphatic carboxylic acids is 1. The average molecular weight is 502 g/mol. The highest BCUT2D eigenvalue weighted by atomic mass is 32.2. The van der Waals surface area contributed by atoms with E-state index in [1.165, 1.54) is 16.7 Å². The fourth-order valence-corrected chi connectivity index (χ4v) is 5.96. The lowest BCUT2D eigenvalue weighted by Gasteiger charge is -2.28. The molecule has 0 saturated heterocycles. The fourth-order valence-electron chi connectivity index (χ4n) is 4.72. The smallest absolute Gasteiger partial charge is 0.326 e. The van der Waals surface area contributed by atoms with Crippen LogP contribution >= 0.6 is 0 Å². The number of aryl methyl sites for hydroxylation is 1. The van der Waals surface area contributed by atoms with Crippen LogP contribution in [0.4, 0.5) is 5.69 Å². The van der Waals surface area contributed by atoms with Gasteiger partial charge in [0.15, 0.2) is 15.6 Å². The zero-order valence-corrected chi connectivity index (χ0v) is 20.2. The first-order valence-corrected chi connectivity index (χ1v) is 12.9. The summed E-state index contributed by atoms with van der Waals surface area (Å²) >= 11 is 0. The minimum atomic E-state index is -4.12. The van der Waals surface area contributed by atoms with Gasteiger partial charge in [-0.25, -0.2) is 13.2 Å². The average Bonchev–Trinajstić information content (AvgIpc) is 3.15. The second-order valence-corrected chi connectivity index (χ2v) is 10.7. The van der Waals surface area contributed by atoms with E-state index in [2.05, 4.69) is 10.3 Å². The number of carbonyl (C=O) groups excluding carboxylic acids is 1. The molecule has 0 atom stereocenters. The number of anilines is 1. The number of H-pyrrole nitrogens is 1. The number of aromatic nitrogens is 2. The van der Waals surface area contributed by atoms with E-state index in [0.29, 0.717) is 42.6 Å². The molecule has 1 aliphatic carbocycles. The van der Waals surface area contributed by atoms with Gasteiger partial charge in [0, 0.05) is 23.7 Å². The Kier molecular flexibility index (Phi) is 6.70. The van der Waals surface area contributed by atoms with Crippen molar-refractivity contribution in [3.05, 3.63) is 52.4 Å². The van der Waals surface area contributed by atoms with E-state index in [1.807, 2.05) is 19.1 Å². The number of sulfone groups is 1. The second-order valence-electron chi connectivity index (χ2n) is 8.78. The quantitative estimate of drug-likeness (QED) is 0.451. The molecule has 1 fully saturated rings. The van der Waals surface area contributed by atoms with Crippen molar-refractivity contribution < 1.29 is 27.9 Å². The number of nitrogens with zero attached hydrogens (tertiary/aromatic N) is 1. The molecule has 0 radical (unpaired) electrons. The zero-order chi connectivity index (χ0) is 25.3. The Balaban J connectivity index is 1.51. The maximum Gasteiger partial charge on any atom is 0.326 e. The van der Waals surface area contributed by atoms with Crippen molar-refractivity contribution in [3.63, 3.8) is 0 Å². The van der Waals surface area contributed by atoms with Gasteiger partial charge in [-0.1, -0.05) is 12.1 Å². The van der Waals surface area contributed by atoms with Crippen molar-refractivity contribution in [1.82, 2.24) is 9.55 Å². The Morgan fingerprint density at radius 2 is 1.89 bits per heavy atom. The van der Waals surface area contributed by atoms with Crippen molar-refractivity contribution in [3.8, 4) is 5.75 Å². The normalized spacial score (nSPS) is 18.3. The standard InChI is InChI=1S/C24H27N3O7S/c1-14-6-9-16(12-19(14)34-2)25-23(30)15-7-10-17(11-8-15)27-18-4-3-5-20(22(18)26-24(27)31)35(32,33)13-21(28)29/h3-6,9,12,15,17H,7-8,10-11,13H2,1-2H3,(H,25,30)(H,26,31)(H,28,29)/t15-,17+. The van der Waals surface area contributed by atoms with Gasteiger partial charge in [-0.05, 0) is 56.4 Å². The molecule has 2 aromatic carbocycles. The molecule has 1 heterocycles. The number of carbonyl (C=O) groups is 2. The van der Waals surface area contributed by atoms with Gasteiger partial charge in [0.1, 0.15) is 5.75 Å². The number of hydrogen-bond acceptors (Lipinski definition) is 6. The Bertz CT molecular complexity index is 1450. The maximum atomic E-state index is 12.8. The summed E-state index contributed by atoms with van der Waals surface area (Å²) in [5.41, 5.74) is 1.67. The minimum absolute atomic E-state index is 0.0947. The Labute approximate surface area is 201 Å². The molecule has 1 saturated carbocycles. The SMILES string of the molecule is COc1cc(NC(=O)[C@H]2CC[C@@H](n3c(=O)[nH]c4c(S(=O)(=O)CC(=O)O)cccc43)CC2)ccc1C. The van der Waals surface area contributed by atoms with E-state index < -0.39 is 27.2 Å². The molecule has 1 aromatic heterocycles. The number of fused-ring (bicyclic) bond motifs is 1. The molecule has 3 aromatic rings. The molecule has 0 unspecified atom stereocenters. The van der Waals surface area contributed by atoms with Crippen molar-refractivity contribution >= 4 is 38.4 Å². The number of carboxylic acid groups (broad SMARTS) is 1. The molecule has 35 heavy (non-hydrogen) atoms. The molecule has 3 N–H and O–H groups in total. The molecule has 4 rings (SSSR count). The summed E-state index contributed by atoms with van der Waals surface area (Å²) in [5.74, 6) is -2.15. The number of imidazole rings is 1. The number of ether oxygens (including phenoxy) is 1. The summed E-state index contributed by atoms with van der Waals surface area (Å²) in [4.78, 5) is 39.0. The molecule has 11 heteroatoms. The van der Waals surface area contributed by atoms with Gasteiger partial charge in [0.25, 0.3) is 0 Å². The second kappa shape index (κ2) is 9.57. The summed E-state index contributed by atoms with van der Waals surface area (Å²) in [7, 11) is -2.55. The van der Waals surface area contributed by atoms with Crippen LogP contribution in [0.5, 0.6) is 5.75 Å². The van der Waals surface area contributed by atoms with Crippen molar-refractivity contribution in [2.45, 2.75) is 43.5 Å². The highest BCUT2D eigenvalue weighted by molar-refractivity contribution is 7.92. The first-order chi connectivity index (χ1) is 16.6. The van der Waals surface area contributed by atoms with Crippen molar-refractivity contribution in [2.75, 3.05) is 18.2 Å². The topological polar surface area (TPSA) is 148 Å². The number of rotatable bonds is 7. The van der Waals surface area contributed by atoms with Gasteiger partial charge < -0.3 is 20.1 Å². The molecule has 0 spiro atoms. The summed E-state index contributed by atoms with van der Waals surface area (Å²) in [5, 5.41) is 11.9. The number of nitrogens with one attached hydrogen (secondary N) is 2. The largest absolute Gasteiger partial charge is 0.496 e. The number of para-hydroxylation sites is 1. The van der Waals surface area contributed by atoms with Crippen LogP contribution in [0, 0.1) is 12.8 Å². The van der Waals surface area contributed by atoms with Crippen molar-refractivity contribution in [2.24, 2.45) is 5.92 Å². The van der Waals surface area contributed by atoms with E-state index in [-0.39, 0.29) is 28.3 Å². The van der Waals surface area contributed by atoms with Gasteiger partial charge in [-0.3, -0.25) is 14.2 Å². The zero-order valence-electron chi connectivity index (χ0n) is 19.4. The van der Waals surface area contributed by atoms with Crippen LogP contribution in [0.15, 0.2) is 46.1 Å². The number of carboxylic acids is 1. The third-order valence-electron chi connectivity index (χ3n) is 6.47.